The zero-order chi connectivity index (χ0) is 14.6. The number of pyridine rings is 1. The van der Waals surface area contributed by atoms with E-state index in [2.05, 4.69) is 73.3 Å². The minimum absolute atomic E-state index is 0.342. The van der Waals surface area contributed by atoms with Crippen LogP contribution in [0.3, 0.4) is 0 Å². The lowest BCUT2D eigenvalue weighted by molar-refractivity contribution is 0.574. The van der Waals surface area contributed by atoms with Crippen LogP contribution in [0.2, 0.25) is 19.6 Å². The fourth-order valence-corrected chi connectivity index (χ4v) is 3.33. The average molecular weight is 284 g/mol. The molecular formula is C17H24N2Si. The monoisotopic (exact) mass is 284 g/mol. The van der Waals surface area contributed by atoms with Gasteiger partial charge in [-0.2, -0.15) is 0 Å². The summed E-state index contributed by atoms with van der Waals surface area (Å²) in [5.74, 6) is 0. The SMILES string of the molecule is C[C@H](NCc1ccc([Si](C)(C)C)cc1)c1ccncc1. The van der Waals surface area contributed by atoms with Gasteiger partial charge in [-0.05, 0) is 30.2 Å². The van der Waals surface area contributed by atoms with Crippen LogP contribution in [-0.4, -0.2) is 13.1 Å². The highest BCUT2D eigenvalue weighted by molar-refractivity contribution is 6.88. The summed E-state index contributed by atoms with van der Waals surface area (Å²) in [5.41, 5.74) is 2.62. The number of hydrogen-bond donors (Lipinski definition) is 1. The summed E-state index contributed by atoms with van der Waals surface area (Å²) in [6, 6.07) is 13.5. The molecule has 0 unspecified atom stereocenters. The third-order valence-corrected chi connectivity index (χ3v) is 5.70. The molecule has 0 saturated heterocycles. The lowest BCUT2D eigenvalue weighted by atomic mass is 10.1. The molecule has 2 rings (SSSR count). The highest BCUT2D eigenvalue weighted by atomic mass is 28.3. The molecular weight excluding hydrogens is 260 g/mol. The Hall–Kier alpha value is -1.45. The largest absolute Gasteiger partial charge is 0.306 e. The minimum atomic E-state index is -1.18. The van der Waals surface area contributed by atoms with Crippen molar-refractivity contribution < 1.29 is 0 Å². The van der Waals surface area contributed by atoms with Gasteiger partial charge in [-0.3, -0.25) is 4.98 Å². The summed E-state index contributed by atoms with van der Waals surface area (Å²) in [4.78, 5) is 4.05. The number of aromatic nitrogens is 1. The second kappa shape index (κ2) is 6.33. The van der Waals surface area contributed by atoms with Gasteiger partial charge in [0.25, 0.3) is 0 Å². The van der Waals surface area contributed by atoms with Crippen molar-refractivity contribution in [2.24, 2.45) is 0 Å². The number of nitrogens with one attached hydrogen (secondary N) is 1. The second-order valence-electron chi connectivity index (χ2n) is 6.33. The molecule has 0 aliphatic carbocycles. The van der Waals surface area contributed by atoms with Gasteiger partial charge in [-0.25, -0.2) is 0 Å². The fraction of sp³-hybridized carbons (Fsp3) is 0.353. The van der Waals surface area contributed by atoms with Crippen molar-refractivity contribution in [3.63, 3.8) is 0 Å². The Balaban J connectivity index is 1.94. The third kappa shape index (κ3) is 4.02. The van der Waals surface area contributed by atoms with Crippen LogP contribution < -0.4 is 10.5 Å². The smallest absolute Gasteiger partial charge is 0.0775 e. The average Bonchev–Trinajstić information content (AvgIpc) is 2.45. The van der Waals surface area contributed by atoms with E-state index in [-0.39, 0.29) is 0 Å². The van der Waals surface area contributed by atoms with E-state index in [4.69, 9.17) is 0 Å². The van der Waals surface area contributed by atoms with Crippen LogP contribution in [0.1, 0.15) is 24.1 Å². The van der Waals surface area contributed by atoms with Crippen molar-refractivity contribution in [3.05, 3.63) is 59.9 Å². The first-order chi connectivity index (χ1) is 9.47. The van der Waals surface area contributed by atoms with E-state index in [9.17, 15) is 0 Å². The van der Waals surface area contributed by atoms with Gasteiger partial charge < -0.3 is 5.32 Å². The second-order valence-corrected chi connectivity index (χ2v) is 11.4. The molecule has 1 aromatic carbocycles. The zero-order valence-electron chi connectivity index (χ0n) is 12.9. The molecule has 0 aliphatic heterocycles. The van der Waals surface area contributed by atoms with E-state index in [1.807, 2.05) is 12.4 Å². The van der Waals surface area contributed by atoms with E-state index in [1.54, 1.807) is 0 Å². The lowest BCUT2D eigenvalue weighted by Crippen LogP contribution is -2.37. The highest BCUT2D eigenvalue weighted by Crippen LogP contribution is 2.11. The molecule has 0 fully saturated rings. The van der Waals surface area contributed by atoms with E-state index in [0.717, 1.165) is 6.54 Å². The molecule has 1 atom stereocenters. The number of benzene rings is 1. The molecule has 2 nitrogen and oxygen atoms in total. The first kappa shape index (κ1) is 14.9. The van der Waals surface area contributed by atoms with Crippen molar-refractivity contribution >= 4 is 13.3 Å². The van der Waals surface area contributed by atoms with E-state index >= 15 is 0 Å². The van der Waals surface area contributed by atoms with Gasteiger partial charge in [0.15, 0.2) is 0 Å². The summed E-state index contributed by atoms with van der Waals surface area (Å²) in [6.07, 6.45) is 3.69. The molecule has 1 N–H and O–H groups in total. The predicted octanol–water partition coefficient (Wildman–Crippen LogP) is 3.48. The van der Waals surface area contributed by atoms with Crippen molar-refractivity contribution in [2.45, 2.75) is 39.2 Å². The molecule has 0 aliphatic rings. The van der Waals surface area contributed by atoms with E-state index < -0.39 is 8.07 Å². The Bertz CT molecular complexity index is 529. The fourth-order valence-electron chi connectivity index (χ4n) is 2.16. The molecule has 1 heterocycles. The van der Waals surface area contributed by atoms with Gasteiger partial charge >= 0.3 is 0 Å². The standard InChI is InChI=1S/C17H24N2Si/c1-14(16-9-11-18-12-10-16)19-13-15-5-7-17(8-6-15)20(2,3)4/h5-12,14,19H,13H2,1-4H3/t14-/m0/s1. The molecule has 106 valence electrons. The maximum Gasteiger partial charge on any atom is 0.0775 e. The Labute approximate surface area is 123 Å². The number of hydrogen-bond acceptors (Lipinski definition) is 2. The summed E-state index contributed by atoms with van der Waals surface area (Å²) in [6.45, 7) is 10.2. The van der Waals surface area contributed by atoms with Crippen molar-refractivity contribution in [1.82, 2.24) is 10.3 Å². The number of nitrogens with zero attached hydrogens (tertiary/aromatic N) is 1. The van der Waals surface area contributed by atoms with Crippen LogP contribution in [0.4, 0.5) is 0 Å². The maximum absolute atomic E-state index is 4.05. The molecule has 0 radical (unpaired) electrons. The van der Waals surface area contributed by atoms with Crippen LogP contribution >= 0.6 is 0 Å². The van der Waals surface area contributed by atoms with Crippen LogP contribution in [-0.2, 0) is 6.54 Å². The van der Waals surface area contributed by atoms with Crippen LogP contribution in [0.25, 0.3) is 0 Å². The summed E-state index contributed by atoms with van der Waals surface area (Å²) in [5, 5.41) is 5.07. The van der Waals surface area contributed by atoms with Crippen LogP contribution in [0.15, 0.2) is 48.8 Å². The lowest BCUT2D eigenvalue weighted by Gasteiger charge is -2.18. The van der Waals surface area contributed by atoms with Crippen molar-refractivity contribution in [2.75, 3.05) is 0 Å². The van der Waals surface area contributed by atoms with Gasteiger partial charge in [0.05, 0.1) is 8.07 Å². The van der Waals surface area contributed by atoms with Crippen LogP contribution in [0.5, 0.6) is 0 Å². The van der Waals surface area contributed by atoms with Gasteiger partial charge in [-0.15, -0.1) is 0 Å². The summed E-state index contributed by atoms with van der Waals surface area (Å²) in [7, 11) is -1.18. The van der Waals surface area contributed by atoms with Gasteiger partial charge in [0.1, 0.15) is 0 Å². The predicted molar refractivity (Wildman–Crippen MR) is 88.9 cm³/mol. The molecule has 2 aromatic rings. The molecule has 1 aromatic heterocycles. The quantitative estimate of drug-likeness (QED) is 0.850. The van der Waals surface area contributed by atoms with Gasteiger partial charge in [0, 0.05) is 25.0 Å². The molecule has 0 amide bonds. The van der Waals surface area contributed by atoms with Gasteiger partial charge in [-0.1, -0.05) is 49.1 Å². The Morgan fingerprint density at radius 2 is 1.60 bits per heavy atom. The van der Waals surface area contributed by atoms with E-state index in [1.165, 1.54) is 16.3 Å². The van der Waals surface area contributed by atoms with Gasteiger partial charge in [0.2, 0.25) is 0 Å². The third-order valence-electron chi connectivity index (χ3n) is 3.64. The Morgan fingerprint density at radius 1 is 1.00 bits per heavy atom. The van der Waals surface area contributed by atoms with Crippen molar-refractivity contribution in [1.29, 1.82) is 0 Å². The Kier molecular flexibility index (Phi) is 4.73. The summed E-state index contributed by atoms with van der Waals surface area (Å²) < 4.78 is 0. The number of rotatable bonds is 5. The summed E-state index contributed by atoms with van der Waals surface area (Å²) >= 11 is 0. The van der Waals surface area contributed by atoms with Crippen molar-refractivity contribution in [3.8, 4) is 0 Å². The molecule has 0 saturated carbocycles. The van der Waals surface area contributed by atoms with Crippen LogP contribution in [0, 0.1) is 0 Å². The molecule has 0 bridgehead atoms. The highest BCUT2D eigenvalue weighted by Gasteiger charge is 2.15. The molecule has 0 spiro atoms. The molecule has 3 heteroatoms. The minimum Gasteiger partial charge on any atom is -0.306 e. The zero-order valence-corrected chi connectivity index (χ0v) is 13.9. The first-order valence-corrected chi connectivity index (χ1v) is 10.7. The maximum atomic E-state index is 4.05. The topological polar surface area (TPSA) is 24.9 Å². The first-order valence-electron chi connectivity index (χ1n) is 7.19. The normalized spacial score (nSPS) is 13.2. The Morgan fingerprint density at radius 3 is 2.15 bits per heavy atom. The molecule has 20 heavy (non-hydrogen) atoms. The van der Waals surface area contributed by atoms with E-state index in [0.29, 0.717) is 6.04 Å².